The van der Waals surface area contributed by atoms with Crippen LogP contribution in [0.25, 0.3) is 0 Å². The lowest BCUT2D eigenvalue weighted by atomic mass is 9.96. The molecule has 0 fully saturated rings. The highest BCUT2D eigenvalue weighted by atomic mass is 35.5. The van der Waals surface area contributed by atoms with Crippen LogP contribution < -0.4 is 13.9 Å². The van der Waals surface area contributed by atoms with Gasteiger partial charge in [0.15, 0.2) is 0 Å². The summed E-state index contributed by atoms with van der Waals surface area (Å²) in [4.78, 5) is 24.0. The highest BCUT2D eigenvalue weighted by molar-refractivity contribution is 7.92. The van der Waals surface area contributed by atoms with Crippen molar-refractivity contribution in [2.75, 3.05) is 22.9 Å². The molecule has 9 nitrogen and oxygen atoms in total. The minimum Gasteiger partial charge on any atom is -0.497 e. The highest BCUT2D eigenvalue weighted by Crippen LogP contribution is 2.41. The molecule has 1 atom stereocenters. The van der Waals surface area contributed by atoms with Gasteiger partial charge >= 0.3 is 6.09 Å². The molecule has 11 heteroatoms. The Kier molecular flexibility index (Phi) is 8.85. The summed E-state index contributed by atoms with van der Waals surface area (Å²) in [6, 6.07) is 19.7. The molecule has 5 rings (SSSR count). The maximum Gasteiger partial charge on any atom is 0.416 e. The van der Waals surface area contributed by atoms with Gasteiger partial charge in [-0.25, -0.2) is 27.5 Å². The van der Waals surface area contributed by atoms with Crippen molar-refractivity contribution in [3.63, 3.8) is 0 Å². The average Bonchev–Trinajstić information content (AvgIpc) is 3.34. The number of methoxy groups -OCH3 is 1. The Morgan fingerprint density at radius 1 is 1.00 bits per heavy atom. The fourth-order valence-electron chi connectivity index (χ4n) is 5.02. The minimum absolute atomic E-state index is 0.203. The monoisotopic (exact) mass is 634 g/mol. The van der Waals surface area contributed by atoms with Gasteiger partial charge in [0, 0.05) is 30.4 Å². The van der Waals surface area contributed by atoms with E-state index in [-0.39, 0.29) is 23.9 Å². The van der Waals surface area contributed by atoms with Crippen LogP contribution in [0.5, 0.6) is 5.75 Å². The Morgan fingerprint density at radius 2 is 1.68 bits per heavy atom. The molecule has 4 aromatic rings. The lowest BCUT2D eigenvalue weighted by Gasteiger charge is -2.27. The third-order valence-electron chi connectivity index (χ3n) is 7.21. The number of rotatable bonds is 8. The molecule has 0 N–H and O–H groups in total. The van der Waals surface area contributed by atoms with Crippen molar-refractivity contribution in [3.05, 3.63) is 106 Å². The summed E-state index contributed by atoms with van der Waals surface area (Å²) in [5.41, 5.74) is 2.79. The molecule has 1 amide bonds. The van der Waals surface area contributed by atoms with Crippen molar-refractivity contribution in [2.45, 2.75) is 57.1 Å². The molecule has 2 aromatic carbocycles. The number of halogens is 1. The summed E-state index contributed by atoms with van der Waals surface area (Å²) in [7, 11) is -2.24. The first kappa shape index (κ1) is 31.3. The lowest BCUT2D eigenvalue weighted by molar-refractivity contribution is 0.0576. The standard InChI is InChI=1S/C33H35ClN4O5S/c1-22-6-13-28(14-7-22)44(40,41)38-21-25(29-17-26(34)19-36-31(29)38)16-24-10-15-30(35-18-24)37(32(39)43-33(2,3)4)20-23-8-11-27(42-5)12-9-23/h6-15,17-19,25H,16,20-21H2,1-5H3. The van der Waals surface area contributed by atoms with Crippen molar-refractivity contribution in [1.29, 1.82) is 0 Å². The predicted molar refractivity (Wildman–Crippen MR) is 171 cm³/mol. The number of aromatic nitrogens is 2. The zero-order chi connectivity index (χ0) is 31.6. The zero-order valence-electron chi connectivity index (χ0n) is 25.3. The first-order chi connectivity index (χ1) is 20.8. The number of benzene rings is 2. The molecule has 0 spiro atoms. The van der Waals surface area contributed by atoms with Crippen molar-refractivity contribution in [2.24, 2.45) is 0 Å². The second kappa shape index (κ2) is 12.5. The van der Waals surface area contributed by atoms with E-state index in [1.807, 2.05) is 58.0 Å². The number of pyridine rings is 2. The van der Waals surface area contributed by atoms with Crippen LogP contribution in [-0.4, -0.2) is 43.7 Å². The SMILES string of the molecule is COc1ccc(CN(C(=O)OC(C)(C)C)c2ccc(CC3CN(S(=O)(=O)c4ccc(C)cc4)c4ncc(Cl)cc43)cn2)cc1. The van der Waals surface area contributed by atoms with Gasteiger partial charge in [0.1, 0.15) is 23.0 Å². The van der Waals surface area contributed by atoms with E-state index >= 15 is 0 Å². The van der Waals surface area contributed by atoms with Crippen LogP contribution in [0.15, 0.2) is 84.0 Å². The summed E-state index contributed by atoms with van der Waals surface area (Å²) in [6.07, 6.45) is 3.14. The number of ether oxygens (including phenoxy) is 2. The van der Waals surface area contributed by atoms with Crippen molar-refractivity contribution >= 4 is 39.4 Å². The quantitative estimate of drug-likeness (QED) is 0.207. The summed E-state index contributed by atoms with van der Waals surface area (Å²) in [5.74, 6) is 1.32. The van der Waals surface area contributed by atoms with Crippen LogP contribution in [0.3, 0.4) is 0 Å². The molecule has 0 saturated heterocycles. The number of carbonyl (C=O) groups is 1. The molecule has 230 valence electrons. The number of carbonyl (C=O) groups excluding carboxylic acids is 1. The average molecular weight is 635 g/mol. The Hall–Kier alpha value is -4.15. The largest absolute Gasteiger partial charge is 0.497 e. The number of nitrogens with zero attached hydrogens (tertiary/aromatic N) is 4. The van der Waals surface area contributed by atoms with E-state index in [1.54, 1.807) is 49.7 Å². The van der Waals surface area contributed by atoms with Crippen LogP contribution in [0.2, 0.25) is 5.02 Å². The van der Waals surface area contributed by atoms with Crippen LogP contribution in [0.4, 0.5) is 16.4 Å². The number of fused-ring (bicyclic) bond motifs is 1. The van der Waals surface area contributed by atoms with Crippen LogP contribution >= 0.6 is 11.6 Å². The first-order valence-electron chi connectivity index (χ1n) is 14.2. The third kappa shape index (κ3) is 6.97. The van der Waals surface area contributed by atoms with Gasteiger partial charge in [0.2, 0.25) is 0 Å². The number of amides is 1. The van der Waals surface area contributed by atoms with E-state index in [1.165, 1.54) is 15.4 Å². The molecule has 1 aliphatic rings. The molecule has 0 saturated carbocycles. The Morgan fingerprint density at radius 3 is 2.30 bits per heavy atom. The van der Waals surface area contributed by atoms with Gasteiger partial charge in [-0.05, 0) is 81.6 Å². The molecule has 0 bridgehead atoms. The Labute approximate surface area is 263 Å². The fourth-order valence-corrected chi connectivity index (χ4v) is 6.67. The molecule has 1 unspecified atom stereocenters. The summed E-state index contributed by atoms with van der Waals surface area (Å²) in [5, 5.41) is 0.434. The van der Waals surface area contributed by atoms with Crippen LogP contribution in [0, 0.1) is 6.92 Å². The van der Waals surface area contributed by atoms with Gasteiger partial charge in [-0.15, -0.1) is 0 Å². The smallest absolute Gasteiger partial charge is 0.416 e. The molecule has 3 heterocycles. The molecular weight excluding hydrogens is 600 g/mol. The second-order valence-corrected chi connectivity index (χ2v) is 14.1. The molecule has 1 aliphatic heterocycles. The number of hydrogen-bond acceptors (Lipinski definition) is 7. The number of aryl methyl sites for hydroxylation is 1. The van der Waals surface area contributed by atoms with Crippen LogP contribution in [-0.2, 0) is 27.7 Å². The number of hydrogen-bond donors (Lipinski definition) is 0. The van der Waals surface area contributed by atoms with E-state index < -0.39 is 21.7 Å². The predicted octanol–water partition coefficient (Wildman–Crippen LogP) is 6.92. The maximum atomic E-state index is 13.6. The summed E-state index contributed by atoms with van der Waals surface area (Å²) >= 11 is 6.30. The highest BCUT2D eigenvalue weighted by Gasteiger charge is 2.38. The van der Waals surface area contributed by atoms with Gasteiger partial charge in [-0.1, -0.05) is 47.5 Å². The summed E-state index contributed by atoms with van der Waals surface area (Å²) < 4.78 is 39.6. The first-order valence-corrected chi connectivity index (χ1v) is 16.0. The minimum atomic E-state index is -3.84. The Balaban J connectivity index is 1.40. The normalized spacial score (nSPS) is 14.7. The molecule has 0 radical (unpaired) electrons. The molecule has 0 aliphatic carbocycles. The van der Waals surface area contributed by atoms with Crippen molar-refractivity contribution in [1.82, 2.24) is 9.97 Å². The van der Waals surface area contributed by atoms with Gasteiger partial charge in [0.25, 0.3) is 10.0 Å². The number of sulfonamides is 1. The van der Waals surface area contributed by atoms with Gasteiger partial charge in [-0.2, -0.15) is 0 Å². The van der Waals surface area contributed by atoms with E-state index in [2.05, 4.69) is 9.97 Å². The van der Waals surface area contributed by atoms with E-state index in [9.17, 15) is 13.2 Å². The van der Waals surface area contributed by atoms with Crippen molar-refractivity contribution in [3.8, 4) is 5.75 Å². The van der Waals surface area contributed by atoms with Gasteiger partial charge in [0.05, 0.1) is 23.6 Å². The van der Waals surface area contributed by atoms with E-state index in [0.717, 1.165) is 28.0 Å². The maximum absolute atomic E-state index is 13.6. The molecule has 44 heavy (non-hydrogen) atoms. The molecular formula is C33H35ClN4O5S. The molecule has 2 aromatic heterocycles. The van der Waals surface area contributed by atoms with E-state index in [4.69, 9.17) is 21.1 Å². The van der Waals surface area contributed by atoms with Crippen molar-refractivity contribution < 1.29 is 22.7 Å². The van der Waals surface area contributed by atoms with Crippen LogP contribution in [0.1, 0.15) is 48.9 Å². The van der Waals surface area contributed by atoms with E-state index in [0.29, 0.717) is 23.1 Å². The van der Waals surface area contributed by atoms with Gasteiger partial charge < -0.3 is 9.47 Å². The Bertz CT molecular complexity index is 1740. The number of anilines is 2. The zero-order valence-corrected chi connectivity index (χ0v) is 26.9. The third-order valence-corrected chi connectivity index (χ3v) is 9.19. The van der Waals surface area contributed by atoms with Gasteiger partial charge in [-0.3, -0.25) is 4.90 Å². The second-order valence-electron chi connectivity index (χ2n) is 11.8. The summed E-state index contributed by atoms with van der Waals surface area (Å²) in [6.45, 7) is 7.81. The fraction of sp³-hybridized carbons (Fsp3) is 0.303. The lowest BCUT2D eigenvalue weighted by Crippen LogP contribution is -2.37. The topological polar surface area (TPSA) is 102 Å².